The molecule has 0 fully saturated rings. The number of aromatic carboxylic acids is 1. The fraction of sp³-hybridized carbons (Fsp3) is 0.545. The van der Waals surface area contributed by atoms with Crippen molar-refractivity contribution in [3.63, 3.8) is 0 Å². The molecule has 100 valence electrons. The second-order valence-corrected chi connectivity index (χ2v) is 5.00. The van der Waals surface area contributed by atoms with Gasteiger partial charge in [-0.25, -0.2) is 9.78 Å². The van der Waals surface area contributed by atoms with E-state index in [4.69, 9.17) is 10.8 Å². The van der Waals surface area contributed by atoms with Crippen molar-refractivity contribution in [1.29, 1.82) is 0 Å². The van der Waals surface area contributed by atoms with E-state index in [0.29, 0.717) is 5.01 Å². The van der Waals surface area contributed by atoms with E-state index in [-0.39, 0.29) is 24.1 Å². The van der Waals surface area contributed by atoms with E-state index in [1.54, 1.807) is 0 Å². The molecule has 0 aromatic carbocycles. The quantitative estimate of drug-likeness (QED) is 0.710. The molecule has 0 radical (unpaired) electrons. The average molecular weight is 271 g/mol. The van der Waals surface area contributed by atoms with E-state index < -0.39 is 12.0 Å². The summed E-state index contributed by atoms with van der Waals surface area (Å²) in [6.07, 6.45) is 0.828. The van der Waals surface area contributed by atoms with Crippen molar-refractivity contribution < 1.29 is 14.7 Å². The summed E-state index contributed by atoms with van der Waals surface area (Å²) in [5.74, 6) is -1.20. The Kier molecular flexibility index (Phi) is 5.24. The molecule has 0 saturated heterocycles. The molecule has 1 heterocycles. The van der Waals surface area contributed by atoms with Gasteiger partial charge in [-0.05, 0) is 5.92 Å². The number of nitrogens with two attached hydrogens (primary N) is 1. The molecule has 0 aliphatic rings. The van der Waals surface area contributed by atoms with Gasteiger partial charge in [-0.3, -0.25) is 4.79 Å². The number of amides is 1. The van der Waals surface area contributed by atoms with Gasteiger partial charge in [0, 0.05) is 5.38 Å². The molecule has 0 spiro atoms. The minimum Gasteiger partial charge on any atom is -0.476 e. The van der Waals surface area contributed by atoms with Crippen LogP contribution in [-0.4, -0.2) is 28.0 Å². The topological polar surface area (TPSA) is 105 Å². The van der Waals surface area contributed by atoms with Gasteiger partial charge in [0.15, 0.2) is 5.69 Å². The third-order valence-corrected chi connectivity index (χ3v) is 3.59. The van der Waals surface area contributed by atoms with E-state index in [1.807, 2.05) is 13.8 Å². The second kappa shape index (κ2) is 6.46. The molecular formula is C11H17N3O3S. The molecular weight excluding hydrogens is 254 g/mol. The number of rotatable bonds is 6. The van der Waals surface area contributed by atoms with Gasteiger partial charge in [-0.15, -0.1) is 11.3 Å². The Balaban J connectivity index is 2.49. The van der Waals surface area contributed by atoms with E-state index >= 15 is 0 Å². The van der Waals surface area contributed by atoms with Crippen LogP contribution >= 0.6 is 11.3 Å². The van der Waals surface area contributed by atoms with Crippen LogP contribution in [0.4, 0.5) is 0 Å². The van der Waals surface area contributed by atoms with Crippen molar-refractivity contribution in [2.45, 2.75) is 32.9 Å². The Labute approximate surface area is 109 Å². The first-order valence-corrected chi connectivity index (χ1v) is 6.54. The zero-order chi connectivity index (χ0) is 13.7. The summed E-state index contributed by atoms with van der Waals surface area (Å²) in [6.45, 7) is 4.09. The number of carbonyl (C=O) groups is 2. The summed E-state index contributed by atoms with van der Waals surface area (Å²) < 4.78 is 0. The largest absolute Gasteiger partial charge is 0.476 e. The van der Waals surface area contributed by atoms with Crippen molar-refractivity contribution in [3.05, 3.63) is 16.1 Å². The monoisotopic (exact) mass is 271 g/mol. The molecule has 1 amide bonds. The van der Waals surface area contributed by atoms with E-state index in [1.165, 1.54) is 16.7 Å². The molecule has 18 heavy (non-hydrogen) atoms. The van der Waals surface area contributed by atoms with Crippen LogP contribution < -0.4 is 11.1 Å². The lowest BCUT2D eigenvalue weighted by Gasteiger charge is -2.17. The Hall–Kier alpha value is -1.47. The highest BCUT2D eigenvalue weighted by Gasteiger charge is 2.19. The molecule has 6 nitrogen and oxygen atoms in total. The maximum atomic E-state index is 11.7. The zero-order valence-electron chi connectivity index (χ0n) is 10.3. The Bertz CT molecular complexity index is 433. The Morgan fingerprint density at radius 2 is 2.28 bits per heavy atom. The highest BCUT2D eigenvalue weighted by atomic mass is 32.1. The molecule has 1 aromatic heterocycles. The molecule has 1 aromatic rings. The Morgan fingerprint density at radius 1 is 1.61 bits per heavy atom. The number of nitrogens with zero attached hydrogens (tertiary/aromatic N) is 1. The van der Waals surface area contributed by atoms with Crippen molar-refractivity contribution in [3.8, 4) is 0 Å². The number of aromatic nitrogens is 1. The normalized spacial score (nSPS) is 13.9. The van der Waals surface area contributed by atoms with Gasteiger partial charge in [-0.2, -0.15) is 0 Å². The van der Waals surface area contributed by atoms with Crippen molar-refractivity contribution in [1.82, 2.24) is 10.3 Å². The van der Waals surface area contributed by atoms with E-state index in [2.05, 4.69) is 10.3 Å². The Morgan fingerprint density at radius 3 is 2.78 bits per heavy atom. The van der Waals surface area contributed by atoms with Crippen LogP contribution in [0.3, 0.4) is 0 Å². The summed E-state index contributed by atoms with van der Waals surface area (Å²) in [4.78, 5) is 26.2. The lowest BCUT2D eigenvalue weighted by atomic mass is 9.99. The van der Waals surface area contributed by atoms with Gasteiger partial charge in [-0.1, -0.05) is 20.3 Å². The minimum absolute atomic E-state index is 0.00419. The second-order valence-electron chi connectivity index (χ2n) is 4.06. The summed E-state index contributed by atoms with van der Waals surface area (Å²) in [7, 11) is 0. The van der Waals surface area contributed by atoms with Crippen molar-refractivity contribution in [2.24, 2.45) is 11.7 Å². The SMILES string of the molecule is CCC(C)[C@H](N)C(=O)NCc1nc(C(=O)O)cs1. The van der Waals surface area contributed by atoms with Crippen LogP contribution in [0, 0.1) is 5.92 Å². The van der Waals surface area contributed by atoms with Crippen LogP contribution in [0.1, 0.15) is 35.8 Å². The maximum Gasteiger partial charge on any atom is 0.355 e. The van der Waals surface area contributed by atoms with E-state index in [9.17, 15) is 9.59 Å². The van der Waals surface area contributed by atoms with Gasteiger partial charge in [0.05, 0.1) is 12.6 Å². The summed E-state index contributed by atoms with van der Waals surface area (Å²) in [5, 5.41) is 13.4. The molecule has 0 bridgehead atoms. The van der Waals surface area contributed by atoms with Crippen LogP contribution in [-0.2, 0) is 11.3 Å². The minimum atomic E-state index is -1.07. The van der Waals surface area contributed by atoms with Gasteiger partial charge in [0.1, 0.15) is 5.01 Å². The van der Waals surface area contributed by atoms with Crippen molar-refractivity contribution >= 4 is 23.2 Å². The first-order chi connectivity index (χ1) is 8.45. The zero-order valence-corrected chi connectivity index (χ0v) is 11.2. The maximum absolute atomic E-state index is 11.7. The molecule has 0 saturated carbocycles. The summed E-state index contributed by atoms with van der Waals surface area (Å²) in [5.41, 5.74) is 5.76. The predicted molar refractivity (Wildman–Crippen MR) is 68.4 cm³/mol. The molecule has 0 aliphatic carbocycles. The molecule has 2 atom stereocenters. The third-order valence-electron chi connectivity index (χ3n) is 2.74. The number of thiazole rings is 1. The smallest absolute Gasteiger partial charge is 0.355 e. The number of carbonyl (C=O) groups excluding carboxylic acids is 1. The van der Waals surface area contributed by atoms with Gasteiger partial charge < -0.3 is 16.2 Å². The fourth-order valence-corrected chi connectivity index (χ4v) is 1.99. The van der Waals surface area contributed by atoms with Gasteiger partial charge in [0.25, 0.3) is 0 Å². The van der Waals surface area contributed by atoms with Crippen LogP contribution in [0.25, 0.3) is 0 Å². The standard InChI is InChI=1S/C11H17N3O3S/c1-3-6(2)9(12)10(15)13-4-8-14-7(5-18-8)11(16)17/h5-6,9H,3-4,12H2,1-2H3,(H,13,15)(H,16,17)/t6?,9-/m0/s1. The van der Waals surface area contributed by atoms with E-state index in [0.717, 1.165) is 6.42 Å². The van der Waals surface area contributed by atoms with Crippen LogP contribution in [0.5, 0.6) is 0 Å². The highest BCUT2D eigenvalue weighted by molar-refractivity contribution is 7.09. The molecule has 1 unspecified atom stereocenters. The molecule has 1 rings (SSSR count). The van der Waals surface area contributed by atoms with Crippen LogP contribution in [0.2, 0.25) is 0 Å². The molecule has 0 aliphatic heterocycles. The fourth-order valence-electron chi connectivity index (χ4n) is 1.28. The number of carboxylic acids is 1. The van der Waals surface area contributed by atoms with Gasteiger partial charge >= 0.3 is 5.97 Å². The highest BCUT2D eigenvalue weighted by Crippen LogP contribution is 2.10. The number of hydrogen-bond donors (Lipinski definition) is 3. The molecule has 7 heteroatoms. The van der Waals surface area contributed by atoms with Gasteiger partial charge in [0.2, 0.25) is 5.91 Å². The summed E-state index contributed by atoms with van der Waals surface area (Å²) in [6, 6.07) is -0.547. The lowest BCUT2D eigenvalue weighted by Crippen LogP contribution is -2.44. The number of nitrogens with one attached hydrogen (secondary N) is 1. The average Bonchev–Trinajstić information content (AvgIpc) is 2.82. The number of hydrogen-bond acceptors (Lipinski definition) is 5. The van der Waals surface area contributed by atoms with Crippen LogP contribution in [0.15, 0.2) is 5.38 Å². The first-order valence-electron chi connectivity index (χ1n) is 5.66. The summed E-state index contributed by atoms with van der Waals surface area (Å²) >= 11 is 1.20. The number of carboxylic acid groups (broad SMARTS) is 1. The van der Waals surface area contributed by atoms with Crippen molar-refractivity contribution in [2.75, 3.05) is 0 Å². The third kappa shape index (κ3) is 3.78. The first kappa shape index (κ1) is 14.6. The lowest BCUT2D eigenvalue weighted by molar-refractivity contribution is -0.123. The predicted octanol–water partition coefficient (Wildman–Crippen LogP) is 0.831. The molecule has 4 N–H and O–H groups in total.